The van der Waals surface area contributed by atoms with Crippen molar-refractivity contribution in [1.29, 1.82) is 0 Å². The van der Waals surface area contributed by atoms with Gasteiger partial charge < -0.3 is 0 Å². The monoisotopic (exact) mass is 303 g/mol. The molecule has 1 heteroatoms. The molecule has 2 aromatic carbocycles. The van der Waals surface area contributed by atoms with E-state index in [9.17, 15) is 0 Å². The molecule has 0 atom stereocenters. The molecule has 0 bridgehead atoms. The van der Waals surface area contributed by atoms with Crippen LogP contribution in [-0.4, -0.2) is 0 Å². The molecule has 0 spiro atoms. The summed E-state index contributed by atoms with van der Waals surface area (Å²) in [5.41, 5.74) is 9.18. The van der Waals surface area contributed by atoms with E-state index < -0.39 is 0 Å². The highest BCUT2D eigenvalue weighted by Gasteiger charge is 2.22. The maximum absolute atomic E-state index is 8.51. The molecule has 0 radical (unpaired) electrons. The van der Waals surface area contributed by atoms with Crippen LogP contribution in [0.15, 0.2) is 36.4 Å². The molecule has 0 unspecified atom stereocenters. The average molecular weight is 303 g/mol. The van der Waals surface area contributed by atoms with Crippen molar-refractivity contribution < 1.29 is 5.94 Å². The molecule has 1 heterocycles. The van der Waals surface area contributed by atoms with E-state index in [2.05, 4.69) is 55.8 Å². The average Bonchev–Trinajstić information content (AvgIpc) is 3.00. The molecular formula is C22H24N+. The summed E-state index contributed by atoms with van der Waals surface area (Å²) in [5, 5.41) is 2.24. The molecule has 1 aromatic heterocycles. The Balaban J connectivity index is 2.12. The number of hydrogen-bond acceptors (Lipinski definition) is 0. The van der Waals surface area contributed by atoms with E-state index in [4.69, 9.17) is 1.37 Å². The third kappa shape index (κ3) is 2.26. The highest BCUT2D eigenvalue weighted by molar-refractivity contribution is 5.94. The van der Waals surface area contributed by atoms with E-state index in [0.29, 0.717) is 6.04 Å². The zero-order valence-electron chi connectivity index (χ0n) is 15.5. The predicted molar refractivity (Wildman–Crippen MR) is 96.8 cm³/mol. The largest absolute Gasteiger partial charge is 0.220 e. The summed E-state index contributed by atoms with van der Waals surface area (Å²) in [4.78, 5) is 0. The van der Waals surface area contributed by atoms with Crippen molar-refractivity contribution in [3.8, 4) is 11.3 Å². The summed E-state index contributed by atoms with van der Waals surface area (Å²) in [5.74, 6) is 0. The van der Waals surface area contributed by atoms with E-state index in [1.807, 2.05) is 6.92 Å². The Morgan fingerprint density at radius 2 is 1.74 bits per heavy atom. The first-order chi connectivity index (χ1) is 11.5. The molecule has 23 heavy (non-hydrogen) atoms. The molecular weight excluding hydrogens is 278 g/mol. The second-order valence-corrected chi connectivity index (χ2v) is 6.96. The number of pyridine rings is 1. The summed E-state index contributed by atoms with van der Waals surface area (Å²) in [6.07, 6.45) is 3.68. The Hall–Kier alpha value is -2.15. The lowest BCUT2D eigenvalue weighted by molar-refractivity contribution is -0.665. The van der Waals surface area contributed by atoms with Crippen molar-refractivity contribution in [2.24, 2.45) is 7.05 Å². The van der Waals surface area contributed by atoms with Crippen molar-refractivity contribution in [3.05, 3.63) is 64.3 Å². The SMILES string of the molecule is [2H]c1c(C)[n+](C)c(-c2cc3c(cc2C)CCC3)c2cc(C)ccc12. The molecule has 1 nitrogen and oxygen atoms in total. The second-order valence-electron chi connectivity index (χ2n) is 6.96. The van der Waals surface area contributed by atoms with Crippen LogP contribution in [0.4, 0.5) is 0 Å². The fraction of sp³-hybridized carbons (Fsp3) is 0.318. The third-order valence-corrected chi connectivity index (χ3v) is 5.28. The van der Waals surface area contributed by atoms with Gasteiger partial charge >= 0.3 is 0 Å². The number of aryl methyl sites for hydroxylation is 4. The Kier molecular flexibility index (Phi) is 3.00. The number of hydrogen-bond donors (Lipinski definition) is 0. The fourth-order valence-electron chi connectivity index (χ4n) is 3.92. The quantitative estimate of drug-likeness (QED) is 0.571. The zero-order valence-corrected chi connectivity index (χ0v) is 14.5. The Morgan fingerprint density at radius 1 is 1.00 bits per heavy atom. The normalized spacial score (nSPS) is 14.2. The molecule has 0 amide bonds. The van der Waals surface area contributed by atoms with Gasteiger partial charge in [-0.05, 0) is 67.3 Å². The van der Waals surface area contributed by atoms with Crippen LogP contribution in [0.1, 0.15) is 35.7 Å². The van der Waals surface area contributed by atoms with Gasteiger partial charge in [0.15, 0.2) is 5.69 Å². The molecule has 0 saturated carbocycles. The minimum atomic E-state index is 0.634. The van der Waals surface area contributed by atoms with Gasteiger partial charge in [0.2, 0.25) is 5.69 Å². The predicted octanol–water partition coefficient (Wildman–Crippen LogP) is 4.75. The van der Waals surface area contributed by atoms with Crippen molar-refractivity contribution in [2.45, 2.75) is 40.0 Å². The van der Waals surface area contributed by atoms with Gasteiger partial charge in [-0.3, -0.25) is 0 Å². The van der Waals surface area contributed by atoms with E-state index in [1.54, 1.807) is 0 Å². The highest BCUT2D eigenvalue weighted by Crippen LogP contribution is 2.33. The summed E-state index contributed by atoms with van der Waals surface area (Å²) < 4.78 is 10.7. The lowest BCUT2D eigenvalue weighted by Gasteiger charge is -2.12. The van der Waals surface area contributed by atoms with Gasteiger partial charge in [-0.25, -0.2) is 0 Å². The number of benzene rings is 2. The maximum Gasteiger partial charge on any atom is 0.220 e. The first-order valence-corrected chi connectivity index (χ1v) is 8.49. The molecule has 0 saturated heterocycles. The number of aromatic nitrogens is 1. The lowest BCUT2D eigenvalue weighted by Crippen LogP contribution is -2.35. The van der Waals surface area contributed by atoms with Crippen LogP contribution < -0.4 is 4.57 Å². The van der Waals surface area contributed by atoms with Gasteiger partial charge in [0.05, 0.1) is 12.3 Å². The highest BCUT2D eigenvalue weighted by atomic mass is 14.9. The minimum absolute atomic E-state index is 0.634. The Labute approximate surface area is 140 Å². The van der Waals surface area contributed by atoms with Gasteiger partial charge in [-0.2, -0.15) is 4.57 Å². The smallest absolute Gasteiger partial charge is 0.198 e. The number of nitrogens with zero attached hydrogens (tertiary/aromatic N) is 1. The summed E-state index contributed by atoms with van der Waals surface area (Å²) in [7, 11) is 2.09. The number of fused-ring (bicyclic) bond motifs is 2. The first-order valence-electron chi connectivity index (χ1n) is 8.99. The third-order valence-electron chi connectivity index (χ3n) is 5.28. The Morgan fingerprint density at radius 3 is 2.52 bits per heavy atom. The second kappa shape index (κ2) is 5.19. The minimum Gasteiger partial charge on any atom is -0.198 e. The van der Waals surface area contributed by atoms with E-state index >= 15 is 0 Å². The van der Waals surface area contributed by atoms with Crippen LogP contribution in [-0.2, 0) is 19.9 Å². The molecule has 0 aliphatic heterocycles. The van der Waals surface area contributed by atoms with Gasteiger partial charge in [-0.15, -0.1) is 0 Å². The van der Waals surface area contributed by atoms with Gasteiger partial charge in [0, 0.05) is 13.0 Å². The van der Waals surface area contributed by atoms with Gasteiger partial charge in [0.25, 0.3) is 0 Å². The summed E-state index contributed by atoms with van der Waals surface area (Å²) in [6, 6.07) is 11.9. The van der Waals surface area contributed by atoms with Crippen LogP contribution in [0.25, 0.3) is 22.0 Å². The molecule has 4 rings (SSSR count). The molecule has 116 valence electrons. The van der Waals surface area contributed by atoms with E-state index in [1.165, 1.54) is 58.2 Å². The van der Waals surface area contributed by atoms with Crippen molar-refractivity contribution in [1.82, 2.24) is 0 Å². The standard InChI is InChI=1S/C22H24N/c1-14-8-9-19-12-16(3)23(4)22(21(19)10-14)20-13-18-7-5-6-17(18)11-15(20)2/h8-13H,5-7H2,1-4H3/q+1/i12D. The first kappa shape index (κ1) is 13.3. The molecule has 1 aliphatic carbocycles. The van der Waals surface area contributed by atoms with E-state index in [0.717, 1.165) is 11.1 Å². The topological polar surface area (TPSA) is 3.88 Å². The Bertz CT molecular complexity index is 985. The van der Waals surface area contributed by atoms with Crippen molar-refractivity contribution in [3.63, 3.8) is 0 Å². The van der Waals surface area contributed by atoms with Gasteiger partial charge in [0.1, 0.15) is 7.05 Å². The zero-order chi connectivity index (χ0) is 17.0. The maximum atomic E-state index is 8.51. The molecule has 3 aromatic rings. The van der Waals surface area contributed by atoms with Gasteiger partial charge in [-0.1, -0.05) is 23.8 Å². The van der Waals surface area contributed by atoms with Crippen LogP contribution in [0, 0.1) is 20.8 Å². The van der Waals surface area contributed by atoms with Crippen molar-refractivity contribution in [2.75, 3.05) is 0 Å². The fourth-order valence-corrected chi connectivity index (χ4v) is 3.92. The summed E-state index contributed by atoms with van der Waals surface area (Å²) in [6.45, 7) is 6.40. The van der Waals surface area contributed by atoms with E-state index in [-0.39, 0.29) is 0 Å². The van der Waals surface area contributed by atoms with Crippen LogP contribution in [0.2, 0.25) is 0 Å². The summed E-state index contributed by atoms with van der Waals surface area (Å²) >= 11 is 0. The van der Waals surface area contributed by atoms with Crippen molar-refractivity contribution >= 4 is 10.8 Å². The van der Waals surface area contributed by atoms with Crippen LogP contribution >= 0.6 is 0 Å². The van der Waals surface area contributed by atoms with Crippen LogP contribution in [0.3, 0.4) is 0 Å². The van der Waals surface area contributed by atoms with Crippen LogP contribution in [0.5, 0.6) is 0 Å². The molecule has 0 N–H and O–H groups in total. The molecule has 1 aliphatic rings. The lowest BCUT2D eigenvalue weighted by atomic mass is 9.94. The number of rotatable bonds is 1. The molecule has 0 fully saturated rings.